The molecule has 1 aromatic carbocycles. The molecule has 0 saturated carbocycles. The van der Waals surface area contributed by atoms with Crippen molar-refractivity contribution in [1.29, 1.82) is 0 Å². The molecular weight excluding hydrogens is 272 g/mol. The third kappa shape index (κ3) is 3.86. The van der Waals surface area contributed by atoms with Crippen LogP contribution in [0.25, 0.3) is 0 Å². The molecule has 0 aliphatic carbocycles. The van der Waals surface area contributed by atoms with E-state index in [2.05, 4.69) is 10.6 Å². The summed E-state index contributed by atoms with van der Waals surface area (Å²) in [5.41, 5.74) is 0.594. The van der Waals surface area contributed by atoms with Crippen LogP contribution in [0.2, 0.25) is 0 Å². The maximum Gasteiger partial charge on any atom is 0.237 e. The van der Waals surface area contributed by atoms with E-state index in [0.29, 0.717) is 17.1 Å². The average Bonchev–Trinajstić information content (AvgIpc) is 3.06. The summed E-state index contributed by atoms with van der Waals surface area (Å²) in [5, 5.41) is 16.2. The molecule has 3 N–H and O–H groups in total. The third-order valence-corrected chi connectivity index (χ3v) is 3.64. The number of benzene rings is 1. The number of nitrogens with one attached hydrogen (secondary N) is 2. The molecule has 1 aromatic rings. The smallest absolute Gasteiger partial charge is 0.237 e. The van der Waals surface area contributed by atoms with Gasteiger partial charge in [0.2, 0.25) is 5.91 Å². The van der Waals surface area contributed by atoms with Gasteiger partial charge in [-0.2, -0.15) is 0 Å². The van der Waals surface area contributed by atoms with E-state index < -0.39 is 6.10 Å². The summed E-state index contributed by atoms with van der Waals surface area (Å²) in [6, 6.07) is 5.06. The van der Waals surface area contributed by atoms with E-state index in [4.69, 9.17) is 9.47 Å². The second-order valence-electron chi connectivity index (χ2n) is 5.02. The maximum absolute atomic E-state index is 11.9. The molecule has 1 aliphatic rings. The van der Waals surface area contributed by atoms with Crippen LogP contribution in [-0.4, -0.2) is 44.4 Å². The van der Waals surface area contributed by atoms with Crippen molar-refractivity contribution in [1.82, 2.24) is 10.6 Å². The van der Waals surface area contributed by atoms with Crippen LogP contribution in [0.4, 0.5) is 0 Å². The molecule has 1 fully saturated rings. The van der Waals surface area contributed by atoms with Gasteiger partial charge in [0.25, 0.3) is 0 Å². The van der Waals surface area contributed by atoms with E-state index in [9.17, 15) is 9.90 Å². The average molecular weight is 294 g/mol. The van der Waals surface area contributed by atoms with E-state index in [1.165, 1.54) is 0 Å². The second kappa shape index (κ2) is 7.28. The summed E-state index contributed by atoms with van der Waals surface area (Å²) in [6.45, 7) is 1.00. The van der Waals surface area contributed by atoms with Crippen molar-refractivity contribution in [2.45, 2.75) is 25.0 Å². The highest BCUT2D eigenvalue weighted by Gasteiger charge is 2.23. The van der Waals surface area contributed by atoms with Crippen molar-refractivity contribution in [3.63, 3.8) is 0 Å². The minimum Gasteiger partial charge on any atom is -0.497 e. The van der Waals surface area contributed by atoms with Crippen LogP contribution in [0, 0.1) is 0 Å². The summed E-state index contributed by atoms with van der Waals surface area (Å²) < 4.78 is 10.4. The number of aliphatic hydroxyl groups excluding tert-OH is 1. The van der Waals surface area contributed by atoms with Crippen LogP contribution in [0.15, 0.2) is 18.2 Å². The van der Waals surface area contributed by atoms with Gasteiger partial charge in [-0.15, -0.1) is 0 Å². The first-order chi connectivity index (χ1) is 10.2. The molecule has 6 nitrogen and oxygen atoms in total. The maximum atomic E-state index is 11.9. The topological polar surface area (TPSA) is 79.8 Å². The van der Waals surface area contributed by atoms with E-state index in [-0.39, 0.29) is 18.5 Å². The highest BCUT2D eigenvalue weighted by molar-refractivity contribution is 5.82. The number of amides is 1. The molecule has 2 rings (SSSR count). The Morgan fingerprint density at radius 3 is 2.90 bits per heavy atom. The van der Waals surface area contributed by atoms with E-state index in [0.717, 1.165) is 19.4 Å². The monoisotopic (exact) mass is 294 g/mol. The van der Waals surface area contributed by atoms with Crippen molar-refractivity contribution in [2.75, 3.05) is 27.3 Å². The summed E-state index contributed by atoms with van der Waals surface area (Å²) in [5.74, 6) is 1.12. The minimum absolute atomic E-state index is 0.0755. The largest absolute Gasteiger partial charge is 0.497 e. The van der Waals surface area contributed by atoms with Crippen molar-refractivity contribution < 1.29 is 19.4 Å². The first-order valence-corrected chi connectivity index (χ1v) is 7.06. The lowest BCUT2D eigenvalue weighted by molar-refractivity contribution is -0.123. The predicted octanol–water partition coefficient (Wildman–Crippen LogP) is 0.605. The van der Waals surface area contributed by atoms with Crippen LogP contribution in [-0.2, 0) is 4.79 Å². The predicted molar refractivity (Wildman–Crippen MR) is 78.5 cm³/mol. The first kappa shape index (κ1) is 15.6. The Bertz CT molecular complexity index is 487. The summed E-state index contributed by atoms with van der Waals surface area (Å²) in [4.78, 5) is 11.9. The number of hydrogen-bond donors (Lipinski definition) is 3. The van der Waals surface area contributed by atoms with Gasteiger partial charge in [0, 0.05) is 12.1 Å². The fourth-order valence-corrected chi connectivity index (χ4v) is 2.44. The van der Waals surface area contributed by atoms with Gasteiger partial charge in [-0.3, -0.25) is 4.79 Å². The standard InChI is InChI=1S/C15H22N2O4/c1-20-10-5-6-14(21-2)11(8-10)13(18)9-17-15(19)12-4-3-7-16-12/h5-6,8,12-13,16,18H,3-4,7,9H2,1-2H3,(H,17,19). The first-order valence-electron chi connectivity index (χ1n) is 7.06. The number of methoxy groups -OCH3 is 2. The Hall–Kier alpha value is -1.79. The third-order valence-electron chi connectivity index (χ3n) is 3.64. The number of hydrogen-bond acceptors (Lipinski definition) is 5. The SMILES string of the molecule is COc1ccc(OC)c(C(O)CNC(=O)C2CCCN2)c1. The lowest BCUT2D eigenvalue weighted by Gasteiger charge is -2.18. The number of carbonyl (C=O) groups excluding carboxylic acids is 1. The molecule has 0 radical (unpaired) electrons. The molecular formula is C15H22N2O4. The van der Waals surface area contributed by atoms with Crippen LogP contribution in [0.5, 0.6) is 11.5 Å². The number of rotatable bonds is 6. The molecule has 1 aliphatic heterocycles. The van der Waals surface area contributed by atoms with Gasteiger partial charge in [0.05, 0.1) is 26.4 Å². The van der Waals surface area contributed by atoms with E-state index in [1.807, 2.05) is 0 Å². The molecule has 1 heterocycles. The fourth-order valence-electron chi connectivity index (χ4n) is 2.44. The molecule has 0 aromatic heterocycles. The summed E-state index contributed by atoms with van der Waals surface area (Å²) >= 11 is 0. The minimum atomic E-state index is -0.847. The molecule has 0 bridgehead atoms. The normalized spacial score (nSPS) is 19.1. The second-order valence-corrected chi connectivity index (χ2v) is 5.02. The summed E-state index contributed by atoms with van der Waals surface area (Å²) in [6.07, 6.45) is 0.995. The lowest BCUT2D eigenvalue weighted by atomic mass is 10.1. The number of ether oxygens (including phenoxy) is 2. The van der Waals surface area contributed by atoms with E-state index >= 15 is 0 Å². The Balaban J connectivity index is 1.98. The zero-order valence-electron chi connectivity index (χ0n) is 12.4. The molecule has 0 spiro atoms. The zero-order valence-corrected chi connectivity index (χ0v) is 12.4. The highest BCUT2D eigenvalue weighted by atomic mass is 16.5. The van der Waals surface area contributed by atoms with Crippen molar-refractivity contribution in [3.8, 4) is 11.5 Å². The Morgan fingerprint density at radius 1 is 1.48 bits per heavy atom. The number of aliphatic hydroxyl groups is 1. The van der Waals surface area contributed by atoms with Crippen LogP contribution in [0.3, 0.4) is 0 Å². The van der Waals surface area contributed by atoms with Crippen LogP contribution < -0.4 is 20.1 Å². The molecule has 2 unspecified atom stereocenters. The van der Waals surface area contributed by atoms with Gasteiger partial charge in [-0.05, 0) is 37.6 Å². The van der Waals surface area contributed by atoms with Crippen molar-refractivity contribution in [3.05, 3.63) is 23.8 Å². The quantitative estimate of drug-likeness (QED) is 0.716. The number of carbonyl (C=O) groups is 1. The molecule has 1 saturated heterocycles. The Kier molecular flexibility index (Phi) is 5.41. The highest BCUT2D eigenvalue weighted by Crippen LogP contribution is 2.29. The van der Waals surface area contributed by atoms with Gasteiger partial charge in [-0.1, -0.05) is 0 Å². The Labute approximate surface area is 124 Å². The lowest BCUT2D eigenvalue weighted by Crippen LogP contribution is -2.41. The van der Waals surface area contributed by atoms with Crippen molar-refractivity contribution >= 4 is 5.91 Å². The fraction of sp³-hybridized carbons (Fsp3) is 0.533. The van der Waals surface area contributed by atoms with Gasteiger partial charge >= 0.3 is 0 Å². The zero-order chi connectivity index (χ0) is 15.2. The van der Waals surface area contributed by atoms with Crippen molar-refractivity contribution in [2.24, 2.45) is 0 Å². The Morgan fingerprint density at radius 2 is 2.29 bits per heavy atom. The van der Waals surface area contributed by atoms with Crippen LogP contribution >= 0.6 is 0 Å². The van der Waals surface area contributed by atoms with Gasteiger partial charge in [0.15, 0.2) is 0 Å². The molecule has 6 heteroatoms. The molecule has 116 valence electrons. The molecule has 2 atom stereocenters. The molecule has 1 amide bonds. The summed E-state index contributed by atoms with van der Waals surface area (Å²) in [7, 11) is 3.10. The van der Waals surface area contributed by atoms with Gasteiger partial charge < -0.3 is 25.2 Å². The van der Waals surface area contributed by atoms with Gasteiger partial charge in [0.1, 0.15) is 11.5 Å². The van der Waals surface area contributed by atoms with Gasteiger partial charge in [-0.25, -0.2) is 0 Å². The van der Waals surface area contributed by atoms with E-state index in [1.54, 1.807) is 32.4 Å². The van der Waals surface area contributed by atoms with Crippen LogP contribution in [0.1, 0.15) is 24.5 Å². The molecule has 21 heavy (non-hydrogen) atoms.